The van der Waals surface area contributed by atoms with E-state index in [0.29, 0.717) is 26.2 Å². The summed E-state index contributed by atoms with van der Waals surface area (Å²) in [6.07, 6.45) is 3.69. The lowest BCUT2D eigenvalue weighted by molar-refractivity contribution is -0.138. The minimum absolute atomic E-state index is 0.0936. The van der Waals surface area contributed by atoms with Crippen LogP contribution >= 0.6 is 0 Å². The predicted molar refractivity (Wildman–Crippen MR) is 103 cm³/mol. The molecule has 1 saturated heterocycles. The number of piperazine rings is 1. The van der Waals surface area contributed by atoms with Crippen LogP contribution in [-0.4, -0.2) is 57.3 Å². The molecule has 1 aliphatic heterocycles. The number of hydrogen-bond acceptors (Lipinski definition) is 4. The molecular formula is C20H26FN5O2. The monoisotopic (exact) mass is 387 g/mol. The Morgan fingerprint density at radius 1 is 1.36 bits per heavy atom. The van der Waals surface area contributed by atoms with E-state index < -0.39 is 6.04 Å². The SMILES string of the molecule is CCn1ccnc1CN(C)C(=O)CC1C(=O)NCCN1Cc1ccc(F)cc1. The molecule has 28 heavy (non-hydrogen) atoms. The molecule has 2 aromatic rings. The molecule has 3 rings (SSSR count). The third-order valence-corrected chi connectivity index (χ3v) is 5.06. The van der Waals surface area contributed by atoms with Gasteiger partial charge in [-0.3, -0.25) is 14.5 Å². The van der Waals surface area contributed by atoms with E-state index in [2.05, 4.69) is 10.3 Å². The van der Waals surface area contributed by atoms with Gasteiger partial charge in [0.15, 0.2) is 0 Å². The molecule has 8 heteroatoms. The highest BCUT2D eigenvalue weighted by atomic mass is 19.1. The van der Waals surface area contributed by atoms with E-state index in [9.17, 15) is 14.0 Å². The number of benzene rings is 1. The van der Waals surface area contributed by atoms with Crippen molar-refractivity contribution in [2.75, 3.05) is 20.1 Å². The van der Waals surface area contributed by atoms with Gasteiger partial charge in [-0.05, 0) is 24.6 Å². The van der Waals surface area contributed by atoms with Crippen molar-refractivity contribution in [3.8, 4) is 0 Å². The summed E-state index contributed by atoms with van der Waals surface area (Å²) >= 11 is 0. The number of aromatic nitrogens is 2. The number of amides is 2. The Morgan fingerprint density at radius 3 is 2.82 bits per heavy atom. The van der Waals surface area contributed by atoms with Crippen LogP contribution in [0.2, 0.25) is 0 Å². The zero-order chi connectivity index (χ0) is 20.1. The lowest BCUT2D eigenvalue weighted by Gasteiger charge is -2.35. The van der Waals surface area contributed by atoms with Crippen molar-refractivity contribution in [1.82, 2.24) is 24.7 Å². The lowest BCUT2D eigenvalue weighted by atomic mass is 10.1. The summed E-state index contributed by atoms with van der Waals surface area (Å²) in [5.41, 5.74) is 0.909. The van der Waals surface area contributed by atoms with Crippen LogP contribution in [0.5, 0.6) is 0 Å². The Morgan fingerprint density at radius 2 is 2.11 bits per heavy atom. The number of nitrogens with zero attached hydrogens (tertiary/aromatic N) is 4. The fourth-order valence-electron chi connectivity index (χ4n) is 3.40. The van der Waals surface area contributed by atoms with Gasteiger partial charge in [0, 0.05) is 45.6 Å². The number of carbonyl (C=O) groups is 2. The summed E-state index contributed by atoms with van der Waals surface area (Å²) in [7, 11) is 1.72. The number of hydrogen-bond donors (Lipinski definition) is 1. The van der Waals surface area contributed by atoms with Gasteiger partial charge in [0.2, 0.25) is 11.8 Å². The maximum atomic E-state index is 13.1. The molecule has 1 aromatic heterocycles. The molecule has 0 spiro atoms. The Hall–Kier alpha value is -2.74. The van der Waals surface area contributed by atoms with Gasteiger partial charge in [0.1, 0.15) is 11.6 Å². The van der Waals surface area contributed by atoms with Gasteiger partial charge in [-0.25, -0.2) is 9.37 Å². The van der Waals surface area contributed by atoms with Gasteiger partial charge in [-0.2, -0.15) is 0 Å². The quantitative estimate of drug-likeness (QED) is 0.780. The van der Waals surface area contributed by atoms with Crippen LogP contribution in [0.25, 0.3) is 0 Å². The molecule has 1 atom stereocenters. The summed E-state index contributed by atoms with van der Waals surface area (Å²) < 4.78 is 15.1. The Labute approximate surface area is 164 Å². The first kappa shape index (κ1) is 20.0. The number of halogens is 1. The highest BCUT2D eigenvalue weighted by molar-refractivity contribution is 5.88. The first-order valence-electron chi connectivity index (χ1n) is 9.48. The minimum atomic E-state index is -0.542. The Balaban J connectivity index is 1.65. The Bertz CT molecular complexity index is 820. The van der Waals surface area contributed by atoms with E-state index >= 15 is 0 Å². The first-order chi connectivity index (χ1) is 13.5. The number of aryl methyl sites for hydroxylation is 1. The standard InChI is InChI=1S/C20H26FN5O2/c1-3-25-10-8-22-18(25)14-24(2)19(27)12-17-20(28)23-9-11-26(17)13-15-4-6-16(21)7-5-15/h4-8,10,17H,3,9,11-14H2,1-2H3,(H,23,28). The van der Waals surface area contributed by atoms with Crippen LogP contribution in [0.15, 0.2) is 36.7 Å². The molecular weight excluding hydrogens is 361 g/mol. The molecule has 7 nitrogen and oxygen atoms in total. The average Bonchev–Trinajstić information content (AvgIpc) is 3.13. The fraction of sp³-hybridized carbons (Fsp3) is 0.450. The van der Waals surface area contributed by atoms with Crippen molar-refractivity contribution in [2.24, 2.45) is 0 Å². The summed E-state index contributed by atoms with van der Waals surface area (Å²) in [4.78, 5) is 33.1. The van der Waals surface area contributed by atoms with Crippen LogP contribution in [0.1, 0.15) is 24.7 Å². The molecule has 1 aromatic carbocycles. The second kappa shape index (κ2) is 8.97. The number of nitrogens with one attached hydrogen (secondary N) is 1. The number of rotatable bonds is 7. The largest absolute Gasteiger partial charge is 0.353 e. The van der Waals surface area contributed by atoms with Crippen molar-refractivity contribution >= 4 is 11.8 Å². The van der Waals surface area contributed by atoms with Gasteiger partial charge in [-0.15, -0.1) is 0 Å². The van der Waals surface area contributed by atoms with Crippen molar-refractivity contribution in [3.05, 3.63) is 53.9 Å². The molecule has 1 fully saturated rings. The highest BCUT2D eigenvalue weighted by Gasteiger charge is 2.32. The van der Waals surface area contributed by atoms with Gasteiger partial charge in [-0.1, -0.05) is 12.1 Å². The van der Waals surface area contributed by atoms with E-state index in [0.717, 1.165) is 17.9 Å². The maximum absolute atomic E-state index is 13.1. The molecule has 0 bridgehead atoms. The van der Waals surface area contributed by atoms with E-state index in [4.69, 9.17) is 0 Å². The van der Waals surface area contributed by atoms with Gasteiger partial charge in [0.25, 0.3) is 0 Å². The van der Waals surface area contributed by atoms with Gasteiger partial charge in [0.05, 0.1) is 19.0 Å². The summed E-state index contributed by atoms with van der Waals surface area (Å²) in [5, 5.41) is 2.84. The molecule has 0 aliphatic carbocycles. The molecule has 1 N–H and O–H groups in total. The zero-order valence-electron chi connectivity index (χ0n) is 16.3. The summed E-state index contributed by atoms with van der Waals surface area (Å²) in [5.74, 6) is 0.260. The summed E-state index contributed by atoms with van der Waals surface area (Å²) in [6, 6.07) is 5.68. The van der Waals surface area contributed by atoms with Crippen LogP contribution in [0.4, 0.5) is 4.39 Å². The predicted octanol–water partition coefficient (Wildman–Crippen LogP) is 1.39. The fourth-order valence-corrected chi connectivity index (χ4v) is 3.40. The third kappa shape index (κ3) is 4.75. The number of carbonyl (C=O) groups excluding carboxylic acids is 2. The van der Waals surface area contributed by atoms with Crippen LogP contribution in [0.3, 0.4) is 0 Å². The van der Waals surface area contributed by atoms with E-state index in [-0.39, 0.29) is 24.1 Å². The molecule has 0 saturated carbocycles. The van der Waals surface area contributed by atoms with E-state index in [1.807, 2.05) is 22.6 Å². The van der Waals surface area contributed by atoms with Crippen molar-refractivity contribution in [3.63, 3.8) is 0 Å². The van der Waals surface area contributed by atoms with E-state index in [1.165, 1.54) is 12.1 Å². The first-order valence-corrected chi connectivity index (χ1v) is 9.48. The maximum Gasteiger partial charge on any atom is 0.237 e. The smallest absolute Gasteiger partial charge is 0.237 e. The highest BCUT2D eigenvalue weighted by Crippen LogP contribution is 2.16. The third-order valence-electron chi connectivity index (χ3n) is 5.06. The average molecular weight is 387 g/mol. The summed E-state index contributed by atoms with van der Waals surface area (Å²) in [6.45, 7) is 4.88. The Kier molecular flexibility index (Phi) is 6.41. The normalized spacial score (nSPS) is 17.4. The van der Waals surface area contributed by atoms with Crippen molar-refractivity contribution in [1.29, 1.82) is 0 Å². The van der Waals surface area contributed by atoms with E-state index in [1.54, 1.807) is 30.3 Å². The van der Waals surface area contributed by atoms with Crippen LogP contribution < -0.4 is 5.32 Å². The molecule has 150 valence electrons. The lowest BCUT2D eigenvalue weighted by Crippen LogP contribution is -2.56. The van der Waals surface area contributed by atoms with Crippen LogP contribution in [-0.2, 0) is 29.2 Å². The topological polar surface area (TPSA) is 70.5 Å². The zero-order valence-corrected chi connectivity index (χ0v) is 16.3. The minimum Gasteiger partial charge on any atom is -0.353 e. The number of imidazole rings is 1. The van der Waals surface area contributed by atoms with Gasteiger partial charge < -0.3 is 14.8 Å². The molecule has 1 unspecified atom stereocenters. The second-order valence-corrected chi connectivity index (χ2v) is 6.99. The molecule has 0 radical (unpaired) electrons. The van der Waals surface area contributed by atoms with Crippen molar-refractivity contribution < 1.29 is 14.0 Å². The molecule has 2 amide bonds. The van der Waals surface area contributed by atoms with Gasteiger partial charge >= 0.3 is 0 Å². The molecule has 1 aliphatic rings. The molecule has 2 heterocycles. The second-order valence-electron chi connectivity index (χ2n) is 6.99. The van der Waals surface area contributed by atoms with Crippen molar-refractivity contribution in [2.45, 2.75) is 39.0 Å². The van der Waals surface area contributed by atoms with Crippen LogP contribution in [0, 0.1) is 5.82 Å².